The van der Waals surface area contributed by atoms with Crippen molar-refractivity contribution < 1.29 is 99.6 Å². The predicted molar refractivity (Wildman–Crippen MR) is 309 cm³/mol. The van der Waals surface area contributed by atoms with E-state index in [-0.39, 0.29) is 115 Å². The van der Waals surface area contributed by atoms with Gasteiger partial charge in [0.15, 0.2) is 0 Å². The van der Waals surface area contributed by atoms with Gasteiger partial charge in [-0.15, -0.1) is 9.24 Å². The lowest BCUT2D eigenvalue weighted by atomic mass is 10.0. The molecule has 5 unspecified atom stereocenters. The normalized spacial score (nSPS) is 13.3. The third kappa shape index (κ3) is 50.3. The number of hydrogen-bond acceptors (Lipinski definition) is 20. The van der Waals surface area contributed by atoms with Crippen molar-refractivity contribution in [2.75, 3.05) is 199 Å². The molecule has 29 heteroatoms. The van der Waals surface area contributed by atoms with Gasteiger partial charge < -0.3 is 98.2 Å². The van der Waals surface area contributed by atoms with Crippen LogP contribution in [0.5, 0.6) is 0 Å². The lowest BCUT2D eigenvalue weighted by Crippen LogP contribution is -2.54. The number of carbonyl (C=O) groups excluding carboxylic acids is 6. The van der Waals surface area contributed by atoms with Gasteiger partial charge in [-0.1, -0.05) is 20.3 Å². The molecule has 82 heavy (non-hydrogen) atoms. The second kappa shape index (κ2) is 57.0. The summed E-state index contributed by atoms with van der Waals surface area (Å²) < 4.78 is 81.0. The van der Waals surface area contributed by atoms with E-state index in [2.05, 4.69) is 41.1 Å². The quantitative estimate of drug-likeness (QED) is 0.0329. The van der Waals surface area contributed by atoms with E-state index in [0.29, 0.717) is 144 Å². The number of hydrogen-bond donors (Lipinski definition) is 7. The Morgan fingerprint density at radius 3 is 1.18 bits per heavy atom. The third-order valence-corrected chi connectivity index (χ3v) is 14.2. The fourth-order valence-electron chi connectivity index (χ4n) is 6.88. The first-order valence-corrected chi connectivity index (χ1v) is 31.2. The summed E-state index contributed by atoms with van der Waals surface area (Å²) in [6.45, 7) is 10.4. The number of carbonyl (C=O) groups is 6. The highest BCUT2D eigenvalue weighted by atomic mass is 31.2. The van der Waals surface area contributed by atoms with Crippen LogP contribution in [0.4, 0.5) is 0 Å². The average molecular weight is 1220 g/mol. The molecule has 6 amide bonds. The van der Waals surface area contributed by atoms with Gasteiger partial charge in [-0.25, -0.2) is 0 Å². The maximum Gasteiger partial charge on any atom is 0.330 e. The molecule has 0 aliphatic carbocycles. The fraction of sp³-hybridized carbons (Fsp3) is 0.887. The molecular weight excluding hydrogens is 1120 g/mol. The Balaban J connectivity index is 5.52. The highest BCUT2D eigenvalue weighted by Gasteiger charge is 2.28. The molecule has 7 N–H and O–H groups in total. The van der Waals surface area contributed by atoms with E-state index in [4.69, 9.17) is 61.4 Å². The molecule has 0 aromatic carbocycles. The van der Waals surface area contributed by atoms with Crippen molar-refractivity contribution in [3.63, 3.8) is 0 Å². The van der Waals surface area contributed by atoms with E-state index in [1.165, 1.54) is 0 Å². The lowest BCUT2D eigenvalue weighted by molar-refractivity contribution is -0.134. The van der Waals surface area contributed by atoms with Gasteiger partial charge in [-0.3, -0.25) is 33.3 Å². The SMILES string of the molecule is COCCOCCOCCOCC(=O)NCCCCC(NC(=O)COCCOCCOCCOC)C(=O)NC(CCCCNC(=O)COCCOCCOCCOC)C(=O)NCCCC(=O)NCCCCC(CP)COP(=O)(O)C(C)C. The highest BCUT2D eigenvalue weighted by molar-refractivity contribution is 7.53. The van der Waals surface area contributed by atoms with E-state index >= 15 is 0 Å². The minimum Gasteiger partial charge on any atom is -0.382 e. The smallest absolute Gasteiger partial charge is 0.330 e. The van der Waals surface area contributed by atoms with Gasteiger partial charge in [0, 0.05) is 53.9 Å². The van der Waals surface area contributed by atoms with Crippen molar-refractivity contribution in [3.8, 4) is 0 Å². The van der Waals surface area contributed by atoms with Crippen LogP contribution in [0, 0.1) is 5.92 Å². The van der Waals surface area contributed by atoms with Crippen LogP contribution < -0.4 is 31.9 Å². The number of rotatable bonds is 61. The molecule has 0 aliphatic heterocycles. The van der Waals surface area contributed by atoms with Crippen molar-refractivity contribution in [2.45, 2.75) is 102 Å². The number of ether oxygens (including phenoxy) is 12. The Morgan fingerprint density at radius 2 is 0.780 bits per heavy atom. The molecule has 5 atom stereocenters. The fourth-order valence-corrected chi connectivity index (χ4v) is 7.97. The zero-order valence-corrected chi connectivity index (χ0v) is 51.9. The Kier molecular flexibility index (Phi) is 54.9. The van der Waals surface area contributed by atoms with Crippen molar-refractivity contribution in [1.29, 1.82) is 0 Å². The molecule has 0 spiro atoms. The van der Waals surface area contributed by atoms with Gasteiger partial charge in [-0.05, 0) is 69.9 Å². The zero-order chi connectivity index (χ0) is 60.6. The summed E-state index contributed by atoms with van der Waals surface area (Å²) in [5.74, 6) is -2.43. The second-order valence-corrected chi connectivity index (χ2v) is 21.9. The molecule has 0 fully saturated rings. The maximum absolute atomic E-state index is 14.0. The monoisotopic (exact) mass is 1220 g/mol. The topological polar surface area (TPSA) is 332 Å². The van der Waals surface area contributed by atoms with E-state index in [9.17, 15) is 38.2 Å². The number of nitrogens with one attached hydrogen (secondary N) is 6. The second-order valence-electron chi connectivity index (χ2n) is 19.0. The molecule has 0 saturated heterocycles. The summed E-state index contributed by atoms with van der Waals surface area (Å²) in [4.78, 5) is 88.5. The first-order chi connectivity index (χ1) is 39.7. The van der Waals surface area contributed by atoms with Crippen LogP contribution in [0.1, 0.15) is 84.5 Å². The molecule has 27 nitrogen and oxygen atoms in total. The number of unbranched alkanes of at least 4 members (excludes halogenated alkanes) is 3. The first-order valence-electron chi connectivity index (χ1n) is 28.7. The molecule has 0 aromatic rings. The van der Waals surface area contributed by atoms with E-state index < -0.39 is 43.1 Å². The van der Waals surface area contributed by atoms with Crippen LogP contribution in [0.15, 0.2) is 0 Å². The molecular formula is C53H104N6O21P2. The molecule has 482 valence electrons. The minimum atomic E-state index is -3.65. The Bertz CT molecular complexity index is 1650. The first kappa shape index (κ1) is 78.9. The summed E-state index contributed by atoms with van der Waals surface area (Å²) in [6, 6.07) is -2.12. The molecule has 0 saturated carbocycles. The molecule has 0 aliphatic rings. The van der Waals surface area contributed by atoms with Crippen LogP contribution in [0.2, 0.25) is 0 Å². The molecule has 0 radical (unpaired) electrons. The summed E-state index contributed by atoms with van der Waals surface area (Å²) in [6.07, 6.45) is 5.51. The molecule has 0 rings (SSSR count). The van der Waals surface area contributed by atoms with Crippen molar-refractivity contribution in [1.82, 2.24) is 31.9 Å². The van der Waals surface area contributed by atoms with Crippen molar-refractivity contribution in [2.24, 2.45) is 5.92 Å². The lowest BCUT2D eigenvalue weighted by Gasteiger charge is -2.23. The van der Waals surface area contributed by atoms with Gasteiger partial charge in [-0.2, -0.15) is 0 Å². The van der Waals surface area contributed by atoms with Crippen LogP contribution in [-0.4, -0.2) is 257 Å². The Labute approximate surface area is 489 Å². The Morgan fingerprint density at radius 1 is 0.427 bits per heavy atom. The standard InChI is InChI=1S/C53H104N6O21P2/c1-44(2)82(66,67)80-39-45(43-81)13-6-9-17-54-48(60)16-12-20-57-52(64)46(14-7-10-18-55-49(61)40-77-36-33-74-30-27-71-24-21-68-3)59-53(65)47(58-51(63)42-79-38-35-76-32-29-73-26-23-70-5)15-8-11-19-56-50(62)41-78-37-34-75-31-28-72-25-22-69-4/h44-47H,6-43,81H2,1-5H3,(H,54,60)(H,55,61)(H,56,62)(H,57,64)(H,58,63)(H,59,65)(H,66,67). The van der Waals surface area contributed by atoms with Crippen molar-refractivity contribution in [3.05, 3.63) is 0 Å². The number of amides is 6. The van der Waals surface area contributed by atoms with E-state index in [1.54, 1.807) is 35.2 Å². The van der Waals surface area contributed by atoms with Crippen LogP contribution in [-0.2, 0) is 94.7 Å². The van der Waals surface area contributed by atoms with Crippen LogP contribution in [0.25, 0.3) is 0 Å². The summed E-state index contributed by atoms with van der Waals surface area (Å²) in [5, 5.41) is 16.9. The number of methoxy groups -OCH3 is 3. The molecule has 0 aromatic heterocycles. The van der Waals surface area contributed by atoms with Crippen LogP contribution in [0.3, 0.4) is 0 Å². The minimum absolute atomic E-state index is 0.0878. The van der Waals surface area contributed by atoms with Crippen LogP contribution >= 0.6 is 16.8 Å². The van der Waals surface area contributed by atoms with Gasteiger partial charge in [0.1, 0.15) is 31.9 Å². The average Bonchev–Trinajstić information content (AvgIpc) is 3.46. The zero-order valence-electron chi connectivity index (χ0n) is 49.8. The van der Waals surface area contributed by atoms with E-state index in [0.717, 1.165) is 12.8 Å². The predicted octanol–water partition coefficient (Wildman–Crippen LogP) is 0.902. The molecule has 0 heterocycles. The van der Waals surface area contributed by atoms with Gasteiger partial charge >= 0.3 is 7.60 Å². The Hall–Kier alpha value is -3.08. The summed E-state index contributed by atoms with van der Waals surface area (Å²) >= 11 is 0. The van der Waals surface area contributed by atoms with Crippen molar-refractivity contribution >= 4 is 52.3 Å². The van der Waals surface area contributed by atoms with E-state index in [1.807, 2.05) is 0 Å². The van der Waals surface area contributed by atoms with Gasteiger partial charge in [0.25, 0.3) is 0 Å². The van der Waals surface area contributed by atoms with Gasteiger partial charge in [0.05, 0.1) is 131 Å². The molecule has 0 bridgehead atoms. The highest BCUT2D eigenvalue weighted by Crippen LogP contribution is 2.47. The maximum atomic E-state index is 14.0. The third-order valence-electron chi connectivity index (χ3n) is 11.7. The largest absolute Gasteiger partial charge is 0.382 e. The summed E-state index contributed by atoms with van der Waals surface area (Å²) in [7, 11) is 3.76. The summed E-state index contributed by atoms with van der Waals surface area (Å²) in [5.41, 5.74) is -0.483. The van der Waals surface area contributed by atoms with Gasteiger partial charge in [0.2, 0.25) is 35.4 Å².